The van der Waals surface area contributed by atoms with Crippen molar-refractivity contribution in [3.8, 4) is 5.75 Å². The standard InChI is InChI=1S/C11H11FO3/c1-15-11(14)8-4-7(6-2-3-6)10(13)5-9(8)12/h4-6,13H,2-3H2,1H3. The van der Waals surface area contributed by atoms with Crippen molar-refractivity contribution < 1.29 is 19.0 Å². The molecule has 0 saturated heterocycles. The summed E-state index contributed by atoms with van der Waals surface area (Å²) in [4.78, 5) is 11.2. The predicted molar refractivity (Wildman–Crippen MR) is 51.4 cm³/mol. The molecule has 0 radical (unpaired) electrons. The van der Waals surface area contributed by atoms with Gasteiger partial charge in [0.2, 0.25) is 0 Å². The van der Waals surface area contributed by atoms with E-state index in [-0.39, 0.29) is 17.2 Å². The van der Waals surface area contributed by atoms with E-state index in [1.54, 1.807) is 0 Å². The third kappa shape index (κ3) is 1.79. The lowest BCUT2D eigenvalue weighted by Crippen LogP contribution is -2.05. The molecule has 0 heterocycles. The van der Waals surface area contributed by atoms with Crippen molar-refractivity contribution in [3.63, 3.8) is 0 Å². The Morgan fingerprint density at radius 3 is 2.73 bits per heavy atom. The third-order valence-corrected chi connectivity index (χ3v) is 2.54. The van der Waals surface area contributed by atoms with E-state index in [9.17, 15) is 14.3 Å². The minimum Gasteiger partial charge on any atom is -0.508 e. The first kappa shape index (κ1) is 9.96. The van der Waals surface area contributed by atoms with Crippen LogP contribution in [0.2, 0.25) is 0 Å². The lowest BCUT2D eigenvalue weighted by molar-refractivity contribution is 0.0595. The number of ether oxygens (including phenoxy) is 1. The number of halogens is 1. The number of aromatic hydroxyl groups is 1. The van der Waals surface area contributed by atoms with Crippen LogP contribution in [0.3, 0.4) is 0 Å². The summed E-state index contributed by atoms with van der Waals surface area (Å²) in [6.07, 6.45) is 1.94. The van der Waals surface area contributed by atoms with Crippen molar-refractivity contribution in [2.45, 2.75) is 18.8 Å². The van der Waals surface area contributed by atoms with Gasteiger partial charge in [-0.3, -0.25) is 0 Å². The van der Waals surface area contributed by atoms with Gasteiger partial charge in [0.1, 0.15) is 11.6 Å². The van der Waals surface area contributed by atoms with Gasteiger partial charge in [0.05, 0.1) is 12.7 Å². The summed E-state index contributed by atoms with van der Waals surface area (Å²) in [7, 11) is 1.20. The summed E-state index contributed by atoms with van der Waals surface area (Å²) in [6.45, 7) is 0. The molecule has 1 N–H and O–H groups in total. The van der Waals surface area contributed by atoms with E-state index in [0.717, 1.165) is 18.9 Å². The highest BCUT2D eigenvalue weighted by Gasteiger charge is 2.28. The van der Waals surface area contributed by atoms with Crippen molar-refractivity contribution in [3.05, 3.63) is 29.1 Å². The number of phenols is 1. The average molecular weight is 210 g/mol. The molecule has 1 aliphatic carbocycles. The second-order valence-electron chi connectivity index (χ2n) is 3.66. The van der Waals surface area contributed by atoms with Gasteiger partial charge in [0.25, 0.3) is 0 Å². The number of carbonyl (C=O) groups is 1. The summed E-state index contributed by atoms with van der Waals surface area (Å²) in [6, 6.07) is 2.36. The van der Waals surface area contributed by atoms with Gasteiger partial charge in [-0.15, -0.1) is 0 Å². The van der Waals surface area contributed by atoms with Gasteiger partial charge in [0, 0.05) is 6.07 Å². The van der Waals surface area contributed by atoms with Crippen molar-refractivity contribution in [1.82, 2.24) is 0 Å². The number of benzene rings is 1. The van der Waals surface area contributed by atoms with Crippen molar-refractivity contribution in [2.75, 3.05) is 7.11 Å². The largest absolute Gasteiger partial charge is 0.508 e. The van der Waals surface area contributed by atoms with Crippen LogP contribution >= 0.6 is 0 Å². The van der Waals surface area contributed by atoms with Gasteiger partial charge in [-0.1, -0.05) is 0 Å². The summed E-state index contributed by atoms with van der Waals surface area (Å²) in [5.41, 5.74) is 0.522. The minimum atomic E-state index is -0.747. The number of methoxy groups -OCH3 is 1. The maximum absolute atomic E-state index is 13.3. The van der Waals surface area contributed by atoms with Crippen molar-refractivity contribution in [1.29, 1.82) is 0 Å². The van der Waals surface area contributed by atoms with Gasteiger partial charge in [-0.05, 0) is 30.4 Å². The van der Waals surface area contributed by atoms with E-state index in [4.69, 9.17) is 0 Å². The minimum absolute atomic E-state index is 0.0809. The maximum Gasteiger partial charge on any atom is 0.340 e. The van der Waals surface area contributed by atoms with E-state index >= 15 is 0 Å². The van der Waals surface area contributed by atoms with E-state index in [1.165, 1.54) is 13.2 Å². The zero-order chi connectivity index (χ0) is 11.0. The lowest BCUT2D eigenvalue weighted by Gasteiger charge is -2.06. The third-order valence-electron chi connectivity index (χ3n) is 2.54. The molecule has 0 atom stereocenters. The van der Waals surface area contributed by atoms with Crippen LogP contribution in [0.25, 0.3) is 0 Å². The van der Waals surface area contributed by atoms with Gasteiger partial charge in [-0.25, -0.2) is 9.18 Å². The lowest BCUT2D eigenvalue weighted by atomic mass is 10.1. The van der Waals surface area contributed by atoms with Crippen molar-refractivity contribution >= 4 is 5.97 Å². The highest BCUT2D eigenvalue weighted by atomic mass is 19.1. The Bertz CT molecular complexity index is 411. The molecule has 0 unspecified atom stereocenters. The molecule has 4 heteroatoms. The van der Waals surface area contributed by atoms with Gasteiger partial charge < -0.3 is 9.84 Å². The molecule has 2 rings (SSSR count). The molecule has 1 aromatic rings. The second kappa shape index (κ2) is 3.53. The van der Waals surface area contributed by atoms with E-state index in [2.05, 4.69) is 4.74 Å². The van der Waals surface area contributed by atoms with Crippen LogP contribution < -0.4 is 0 Å². The number of hydrogen-bond donors (Lipinski definition) is 1. The number of rotatable bonds is 2. The quantitative estimate of drug-likeness (QED) is 0.761. The fraction of sp³-hybridized carbons (Fsp3) is 0.364. The first-order chi connectivity index (χ1) is 7.13. The summed E-state index contributed by atoms with van der Waals surface area (Å²) in [5, 5.41) is 9.49. The Morgan fingerprint density at radius 1 is 1.53 bits per heavy atom. The first-order valence-electron chi connectivity index (χ1n) is 4.74. The van der Waals surface area contributed by atoms with Gasteiger partial charge >= 0.3 is 5.97 Å². The first-order valence-corrected chi connectivity index (χ1v) is 4.74. The van der Waals surface area contributed by atoms with Crippen LogP contribution in [0.15, 0.2) is 12.1 Å². The molecule has 80 valence electrons. The Morgan fingerprint density at radius 2 is 2.20 bits per heavy atom. The van der Waals surface area contributed by atoms with E-state index in [0.29, 0.717) is 5.56 Å². The molecule has 3 nitrogen and oxygen atoms in total. The average Bonchev–Trinajstić information content (AvgIpc) is 3.00. The Balaban J connectivity index is 2.45. The maximum atomic E-state index is 13.3. The number of esters is 1. The smallest absolute Gasteiger partial charge is 0.340 e. The van der Waals surface area contributed by atoms with Crippen molar-refractivity contribution in [2.24, 2.45) is 0 Å². The molecule has 1 fully saturated rings. The molecule has 0 spiro atoms. The number of hydrogen-bond acceptors (Lipinski definition) is 3. The molecule has 1 aromatic carbocycles. The van der Waals surface area contributed by atoms with E-state index in [1.807, 2.05) is 0 Å². The second-order valence-corrected chi connectivity index (χ2v) is 3.66. The van der Waals surface area contributed by atoms with Crippen LogP contribution in [0.5, 0.6) is 5.75 Å². The molecular weight excluding hydrogens is 199 g/mol. The number of carbonyl (C=O) groups excluding carboxylic acids is 1. The topological polar surface area (TPSA) is 46.5 Å². The Hall–Kier alpha value is -1.58. The van der Waals surface area contributed by atoms with Crippen LogP contribution in [-0.4, -0.2) is 18.2 Å². The van der Waals surface area contributed by atoms with Gasteiger partial charge in [-0.2, -0.15) is 0 Å². The zero-order valence-corrected chi connectivity index (χ0v) is 8.29. The Kier molecular flexibility index (Phi) is 2.34. The molecule has 0 amide bonds. The molecule has 1 aliphatic rings. The predicted octanol–water partition coefficient (Wildman–Crippen LogP) is 2.20. The van der Waals surface area contributed by atoms with Crippen LogP contribution in [0.4, 0.5) is 4.39 Å². The summed E-state index contributed by atoms with van der Waals surface area (Å²) < 4.78 is 17.7. The molecular formula is C11H11FO3. The molecule has 15 heavy (non-hydrogen) atoms. The monoisotopic (exact) mass is 210 g/mol. The summed E-state index contributed by atoms with van der Waals surface area (Å²) in [5.74, 6) is -1.28. The van der Waals surface area contributed by atoms with Crippen LogP contribution in [-0.2, 0) is 4.74 Å². The highest BCUT2D eigenvalue weighted by molar-refractivity contribution is 5.90. The fourth-order valence-electron chi connectivity index (χ4n) is 1.57. The number of phenolic OH excluding ortho intramolecular Hbond substituents is 1. The van der Waals surface area contributed by atoms with Crippen LogP contribution in [0.1, 0.15) is 34.7 Å². The SMILES string of the molecule is COC(=O)c1cc(C2CC2)c(O)cc1F. The fourth-order valence-corrected chi connectivity index (χ4v) is 1.57. The zero-order valence-electron chi connectivity index (χ0n) is 8.29. The summed E-state index contributed by atoms with van der Waals surface area (Å²) >= 11 is 0. The van der Waals surface area contributed by atoms with Gasteiger partial charge in [0.15, 0.2) is 0 Å². The highest BCUT2D eigenvalue weighted by Crippen LogP contribution is 2.44. The molecule has 0 bridgehead atoms. The normalized spacial score (nSPS) is 15.1. The molecule has 0 aliphatic heterocycles. The Labute approximate surface area is 86.5 Å². The van der Waals surface area contributed by atoms with Crippen LogP contribution in [0, 0.1) is 5.82 Å². The molecule has 1 saturated carbocycles. The molecule has 0 aromatic heterocycles. The van der Waals surface area contributed by atoms with E-state index < -0.39 is 11.8 Å².